The molecule has 3 aromatic rings. The van der Waals surface area contributed by atoms with E-state index in [1.165, 1.54) is 0 Å². The lowest BCUT2D eigenvalue weighted by atomic mass is 10.2. The summed E-state index contributed by atoms with van der Waals surface area (Å²) in [4.78, 5) is 35.6. The van der Waals surface area contributed by atoms with Gasteiger partial charge in [-0.25, -0.2) is 0 Å². The highest BCUT2D eigenvalue weighted by atomic mass is 16.2. The van der Waals surface area contributed by atoms with Gasteiger partial charge in [0.15, 0.2) is 6.29 Å². The number of aromatic nitrogens is 3. The summed E-state index contributed by atoms with van der Waals surface area (Å²) in [6.07, 6.45) is 5.91. The lowest BCUT2D eigenvalue weighted by Crippen LogP contribution is -2.15. The molecule has 3 aromatic heterocycles. The summed E-state index contributed by atoms with van der Waals surface area (Å²) in [7, 11) is 5.27. The Morgan fingerprint density at radius 1 is 0.964 bits per heavy atom. The fourth-order valence-corrected chi connectivity index (χ4v) is 3.00. The molecule has 28 heavy (non-hydrogen) atoms. The van der Waals surface area contributed by atoms with Crippen LogP contribution in [0.4, 0.5) is 17.1 Å². The number of nitrogens with one attached hydrogen (secondary N) is 2. The van der Waals surface area contributed by atoms with Crippen molar-refractivity contribution in [2.45, 2.75) is 6.42 Å². The van der Waals surface area contributed by atoms with E-state index in [9.17, 15) is 14.4 Å². The van der Waals surface area contributed by atoms with Gasteiger partial charge < -0.3 is 30.1 Å². The van der Waals surface area contributed by atoms with Crippen molar-refractivity contribution in [2.75, 3.05) is 16.4 Å². The van der Waals surface area contributed by atoms with Gasteiger partial charge in [-0.15, -0.1) is 0 Å². The number of carbonyl (C=O) groups excluding carboxylic acids is 3. The molecule has 0 aliphatic carbocycles. The van der Waals surface area contributed by atoms with Crippen molar-refractivity contribution in [3.05, 3.63) is 53.9 Å². The number of nitrogens with two attached hydrogens (primary N) is 1. The summed E-state index contributed by atoms with van der Waals surface area (Å²) in [6.45, 7) is 0. The summed E-state index contributed by atoms with van der Waals surface area (Å²) in [5.74, 6) is -0.510. The molecule has 0 atom stereocenters. The quantitative estimate of drug-likeness (QED) is 0.561. The van der Waals surface area contributed by atoms with Gasteiger partial charge in [0.1, 0.15) is 5.69 Å². The average Bonchev–Trinajstić information content (AvgIpc) is 3.25. The van der Waals surface area contributed by atoms with Crippen LogP contribution in [0, 0.1) is 0 Å². The normalized spacial score (nSPS) is 10.7. The number of nitrogen functional groups attached to an aromatic ring is 1. The monoisotopic (exact) mass is 382 g/mol. The molecule has 0 aromatic carbocycles. The van der Waals surface area contributed by atoms with Crippen LogP contribution in [0.3, 0.4) is 0 Å². The molecule has 3 heterocycles. The van der Waals surface area contributed by atoms with Gasteiger partial charge in [0.25, 0.3) is 5.91 Å². The molecule has 2 amide bonds. The van der Waals surface area contributed by atoms with Crippen LogP contribution in [0.1, 0.15) is 26.7 Å². The molecular weight excluding hydrogens is 360 g/mol. The second-order valence-electron chi connectivity index (χ2n) is 6.66. The van der Waals surface area contributed by atoms with Crippen molar-refractivity contribution in [3.63, 3.8) is 0 Å². The first-order chi connectivity index (χ1) is 13.3. The molecule has 0 aliphatic heterocycles. The zero-order chi connectivity index (χ0) is 20.4. The van der Waals surface area contributed by atoms with Gasteiger partial charge in [-0.1, -0.05) is 0 Å². The van der Waals surface area contributed by atoms with Crippen LogP contribution in [-0.2, 0) is 32.4 Å². The van der Waals surface area contributed by atoms with Crippen molar-refractivity contribution in [1.29, 1.82) is 0 Å². The van der Waals surface area contributed by atoms with Gasteiger partial charge in [0, 0.05) is 45.4 Å². The van der Waals surface area contributed by atoms with Crippen LogP contribution in [-0.4, -0.2) is 31.8 Å². The second-order valence-corrected chi connectivity index (χ2v) is 6.66. The van der Waals surface area contributed by atoms with E-state index < -0.39 is 0 Å². The zero-order valence-electron chi connectivity index (χ0n) is 15.9. The summed E-state index contributed by atoms with van der Waals surface area (Å²) >= 11 is 0. The van der Waals surface area contributed by atoms with Gasteiger partial charge >= 0.3 is 0 Å². The molecule has 0 radical (unpaired) electrons. The third-order valence-corrected chi connectivity index (χ3v) is 4.41. The molecule has 0 bridgehead atoms. The van der Waals surface area contributed by atoms with E-state index in [1.807, 2.05) is 0 Å². The predicted octanol–water partition coefficient (Wildman–Crippen LogP) is 1.53. The summed E-state index contributed by atoms with van der Waals surface area (Å²) < 4.78 is 5.06. The number of hydrogen-bond donors (Lipinski definition) is 3. The Hall–Kier alpha value is -3.75. The highest BCUT2D eigenvalue weighted by Crippen LogP contribution is 2.17. The zero-order valence-corrected chi connectivity index (χ0v) is 15.9. The lowest BCUT2D eigenvalue weighted by Gasteiger charge is -2.04. The van der Waals surface area contributed by atoms with Crippen LogP contribution in [0.5, 0.6) is 0 Å². The molecular formula is C19H22N6O3. The molecule has 4 N–H and O–H groups in total. The Bertz CT molecular complexity index is 1060. The minimum absolute atomic E-state index is 0.120. The van der Waals surface area contributed by atoms with Gasteiger partial charge in [-0.3, -0.25) is 14.4 Å². The Balaban J connectivity index is 1.66. The topological polar surface area (TPSA) is 116 Å². The molecule has 0 saturated carbocycles. The Labute approximate surface area is 161 Å². The molecule has 0 unspecified atom stereocenters. The maximum Gasteiger partial charge on any atom is 0.272 e. The first-order valence-corrected chi connectivity index (χ1v) is 8.56. The molecule has 146 valence electrons. The second kappa shape index (κ2) is 7.47. The Morgan fingerprint density at radius 3 is 2.25 bits per heavy atom. The van der Waals surface area contributed by atoms with E-state index in [2.05, 4.69) is 10.6 Å². The van der Waals surface area contributed by atoms with E-state index in [-0.39, 0.29) is 18.2 Å². The first kappa shape index (κ1) is 19.0. The van der Waals surface area contributed by atoms with Crippen LogP contribution < -0.4 is 16.4 Å². The van der Waals surface area contributed by atoms with E-state index >= 15 is 0 Å². The third-order valence-electron chi connectivity index (χ3n) is 4.41. The van der Waals surface area contributed by atoms with E-state index in [4.69, 9.17) is 5.73 Å². The third kappa shape index (κ3) is 3.98. The van der Waals surface area contributed by atoms with Crippen LogP contribution in [0.25, 0.3) is 0 Å². The standard InChI is InChI=1S/C19H22N6O3/c1-23-10-14(22-19(28)17-4-12(20)8-25(17)3)5-15(23)7-18(27)21-13-6-16(11-26)24(2)9-13/h4-6,8-11H,7,20H2,1-3H3,(H,21,27)(H,22,28). The van der Waals surface area contributed by atoms with Gasteiger partial charge in [0.2, 0.25) is 5.91 Å². The first-order valence-electron chi connectivity index (χ1n) is 8.56. The number of nitrogens with zero attached hydrogens (tertiary/aromatic N) is 3. The summed E-state index contributed by atoms with van der Waals surface area (Å²) in [5.41, 5.74) is 8.99. The molecule has 9 nitrogen and oxygen atoms in total. The smallest absolute Gasteiger partial charge is 0.272 e. The SMILES string of the molecule is Cn1cc(NC(=O)Cc2cc(NC(=O)c3cc(N)cn3C)cn2C)cc1C=O. The van der Waals surface area contributed by atoms with Crippen molar-refractivity contribution in [2.24, 2.45) is 21.1 Å². The number of aldehydes is 1. The number of carbonyl (C=O) groups is 3. The van der Waals surface area contributed by atoms with Crippen molar-refractivity contribution in [1.82, 2.24) is 13.7 Å². The Morgan fingerprint density at radius 2 is 1.64 bits per heavy atom. The van der Waals surface area contributed by atoms with Gasteiger partial charge in [0.05, 0.1) is 29.2 Å². The Kier molecular flexibility index (Phi) is 5.08. The number of hydrogen-bond acceptors (Lipinski definition) is 4. The highest BCUT2D eigenvalue weighted by molar-refractivity contribution is 6.04. The van der Waals surface area contributed by atoms with Crippen molar-refractivity contribution >= 4 is 35.2 Å². The molecule has 0 spiro atoms. The molecule has 3 rings (SSSR count). The van der Waals surface area contributed by atoms with E-state index in [0.717, 1.165) is 12.0 Å². The van der Waals surface area contributed by atoms with Crippen molar-refractivity contribution < 1.29 is 14.4 Å². The molecule has 9 heteroatoms. The number of amides is 2. The number of rotatable bonds is 6. The lowest BCUT2D eigenvalue weighted by molar-refractivity contribution is -0.115. The largest absolute Gasteiger partial charge is 0.397 e. The van der Waals surface area contributed by atoms with Crippen LogP contribution in [0.15, 0.2) is 36.8 Å². The van der Waals surface area contributed by atoms with Crippen molar-refractivity contribution in [3.8, 4) is 0 Å². The average molecular weight is 382 g/mol. The fourth-order valence-electron chi connectivity index (χ4n) is 3.00. The number of aryl methyl sites for hydroxylation is 3. The van der Waals surface area contributed by atoms with Crippen LogP contribution >= 0.6 is 0 Å². The minimum atomic E-state index is -0.286. The van der Waals surface area contributed by atoms with E-state index in [0.29, 0.717) is 28.5 Å². The predicted molar refractivity (Wildman–Crippen MR) is 106 cm³/mol. The summed E-state index contributed by atoms with van der Waals surface area (Å²) in [6, 6.07) is 4.94. The molecule has 0 aliphatic rings. The highest BCUT2D eigenvalue weighted by Gasteiger charge is 2.14. The molecule has 0 saturated heterocycles. The minimum Gasteiger partial charge on any atom is -0.397 e. The van der Waals surface area contributed by atoms with Gasteiger partial charge in [-0.2, -0.15) is 0 Å². The molecule has 0 fully saturated rings. The fraction of sp³-hybridized carbons (Fsp3) is 0.211. The van der Waals surface area contributed by atoms with Crippen LogP contribution in [0.2, 0.25) is 0 Å². The van der Waals surface area contributed by atoms with E-state index in [1.54, 1.807) is 71.6 Å². The summed E-state index contributed by atoms with van der Waals surface area (Å²) in [5, 5.41) is 5.57. The maximum atomic E-state index is 12.4. The van der Waals surface area contributed by atoms with Gasteiger partial charge in [-0.05, 0) is 18.2 Å². The maximum absolute atomic E-state index is 12.4. The number of anilines is 3.